The van der Waals surface area contributed by atoms with Gasteiger partial charge in [-0.05, 0) is 75.8 Å². The van der Waals surface area contributed by atoms with E-state index < -0.39 is 0 Å². The second-order valence-electron chi connectivity index (χ2n) is 11.5. The molecule has 244 valence electrons. The van der Waals surface area contributed by atoms with Gasteiger partial charge >= 0.3 is 0 Å². The number of ether oxygens (including phenoxy) is 1. The molecule has 1 saturated heterocycles. The van der Waals surface area contributed by atoms with E-state index in [0.717, 1.165) is 77.5 Å². The van der Waals surface area contributed by atoms with Crippen LogP contribution in [0.5, 0.6) is 5.75 Å². The van der Waals surface area contributed by atoms with Gasteiger partial charge in [-0.3, -0.25) is 9.97 Å². The highest BCUT2D eigenvalue weighted by Crippen LogP contribution is 2.39. The lowest BCUT2D eigenvalue weighted by Crippen LogP contribution is -2.42. The number of hydrogen-bond acceptors (Lipinski definition) is 12. The molecule has 46 heavy (non-hydrogen) atoms. The van der Waals surface area contributed by atoms with Crippen LogP contribution in [0.4, 0.5) is 34.5 Å². The van der Waals surface area contributed by atoms with E-state index in [-0.39, 0.29) is 0 Å². The largest absolute Gasteiger partial charge is 0.494 e. The number of nitrogens with zero attached hydrogens (tertiary/aromatic N) is 7. The minimum absolute atomic E-state index is 0.466. The van der Waals surface area contributed by atoms with Crippen LogP contribution >= 0.6 is 11.9 Å². The van der Waals surface area contributed by atoms with Crippen LogP contribution in [0.25, 0.3) is 17.1 Å². The summed E-state index contributed by atoms with van der Waals surface area (Å²) in [6, 6.07) is 8.92. The van der Waals surface area contributed by atoms with Crippen LogP contribution in [-0.2, 0) is 12.8 Å². The van der Waals surface area contributed by atoms with Crippen LogP contribution in [0.15, 0.2) is 42.9 Å². The third-order valence-corrected chi connectivity index (χ3v) is 9.37. The fourth-order valence-corrected chi connectivity index (χ4v) is 6.44. The Kier molecular flexibility index (Phi) is 10.7. The third kappa shape index (κ3) is 6.92. The molecule has 0 saturated carbocycles. The summed E-state index contributed by atoms with van der Waals surface area (Å²) in [5, 5.41) is 7.08. The molecule has 4 aromatic rings. The van der Waals surface area contributed by atoms with E-state index in [1.807, 2.05) is 31.5 Å². The molecule has 12 heteroatoms. The molecule has 1 aliphatic rings. The topological polar surface area (TPSA) is 121 Å². The molecule has 2 aromatic heterocycles. The first-order chi connectivity index (χ1) is 22.3. The van der Waals surface area contributed by atoms with Crippen molar-refractivity contribution in [1.82, 2.24) is 24.8 Å². The smallest absolute Gasteiger partial charge is 0.229 e. The van der Waals surface area contributed by atoms with Crippen LogP contribution in [-0.4, -0.2) is 78.5 Å². The zero-order valence-electron chi connectivity index (χ0n) is 28.0. The van der Waals surface area contributed by atoms with Crippen molar-refractivity contribution in [2.24, 2.45) is 5.73 Å². The summed E-state index contributed by atoms with van der Waals surface area (Å²) in [7, 11) is 8.06. The molecule has 4 N–H and O–H groups in total. The van der Waals surface area contributed by atoms with Crippen LogP contribution < -0.4 is 30.3 Å². The Labute approximate surface area is 276 Å². The highest BCUT2D eigenvalue weighted by atomic mass is 32.2. The first-order valence-corrected chi connectivity index (χ1v) is 17.0. The molecule has 0 unspecified atom stereocenters. The summed E-state index contributed by atoms with van der Waals surface area (Å²) < 4.78 is 8.00. The van der Waals surface area contributed by atoms with Crippen molar-refractivity contribution in [2.45, 2.75) is 45.6 Å². The van der Waals surface area contributed by atoms with Crippen molar-refractivity contribution < 1.29 is 4.74 Å². The van der Waals surface area contributed by atoms with E-state index in [2.05, 4.69) is 74.8 Å². The Morgan fingerprint density at radius 3 is 2.43 bits per heavy atom. The van der Waals surface area contributed by atoms with Gasteiger partial charge in [0, 0.05) is 62.1 Å². The maximum Gasteiger partial charge on any atom is 0.229 e. The van der Waals surface area contributed by atoms with Gasteiger partial charge in [-0.2, -0.15) is 4.98 Å². The number of rotatable bonds is 12. The van der Waals surface area contributed by atoms with Crippen LogP contribution in [0, 0.1) is 0 Å². The third-order valence-electron chi connectivity index (χ3n) is 8.64. The number of fused-ring (bicyclic) bond motifs is 1. The zero-order chi connectivity index (χ0) is 32.8. The maximum atomic E-state index is 5.93. The minimum atomic E-state index is 0.466. The normalized spacial score (nSPS) is 14.0. The number of aromatic nitrogens is 4. The summed E-state index contributed by atoms with van der Waals surface area (Å²) in [5.74, 6) is 1.85. The van der Waals surface area contributed by atoms with Gasteiger partial charge in [0.15, 0.2) is 0 Å². The summed E-state index contributed by atoms with van der Waals surface area (Å²) in [6.45, 7) is 6.31. The van der Waals surface area contributed by atoms with E-state index in [1.165, 1.54) is 17.5 Å². The monoisotopic (exact) mass is 642 g/mol. The first kappa shape index (κ1) is 33.1. The number of methoxy groups -OCH3 is 1. The fourth-order valence-electron chi connectivity index (χ4n) is 6.07. The summed E-state index contributed by atoms with van der Waals surface area (Å²) >= 11 is 1.59. The fraction of sp³-hybridized carbons (Fsp3) is 0.412. The first-order valence-electron chi connectivity index (χ1n) is 15.8. The molecular weight excluding hydrogens is 597 g/mol. The number of nitrogens with two attached hydrogens (primary N) is 1. The Balaban J connectivity index is 1.54. The van der Waals surface area contributed by atoms with Crippen LogP contribution in [0.3, 0.4) is 0 Å². The molecule has 1 aliphatic heterocycles. The van der Waals surface area contributed by atoms with Gasteiger partial charge in [-0.25, -0.2) is 4.98 Å². The number of hydrogen-bond donors (Lipinski definition) is 3. The van der Waals surface area contributed by atoms with Crippen molar-refractivity contribution in [3.8, 4) is 5.75 Å². The Morgan fingerprint density at radius 2 is 1.78 bits per heavy atom. The Morgan fingerprint density at radius 1 is 1.02 bits per heavy atom. The van der Waals surface area contributed by atoms with Gasteiger partial charge in [-0.1, -0.05) is 25.8 Å². The van der Waals surface area contributed by atoms with E-state index >= 15 is 0 Å². The van der Waals surface area contributed by atoms with E-state index in [9.17, 15) is 0 Å². The average Bonchev–Trinajstić information content (AvgIpc) is 3.08. The average molecular weight is 643 g/mol. The van der Waals surface area contributed by atoms with E-state index in [4.69, 9.17) is 20.4 Å². The lowest BCUT2D eigenvalue weighted by atomic mass is 10.0. The summed E-state index contributed by atoms with van der Waals surface area (Å²) in [6.07, 6.45) is 12.7. The molecule has 3 heterocycles. The molecule has 11 nitrogen and oxygen atoms in total. The molecule has 2 aromatic carbocycles. The van der Waals surface area contributed by atoms with Gasteiger partial charge in [0.25, 0.3) is 0 Å². The number of nitrogens with one attached hydrogen (secondary N) is 2. The lowest BCUT2D eigenvalue weighted by molar-refractivity contribution is 0.249. The molecule has 5 rings (SSSR count). The van der Waals surface area contributed by atoms with Crippen molar-refractivity contribution in [3.05, 3.63) is 59.7 Å². The minimum Gasteiger partial charge on any atom is -0.494 e. The van der Waals surface area contributed by atoms with Crippen molar-refractivity contribution >= 4 is 63.6 Å². The molecule has 0 radical (unpaired) electrons. The zero-order valence-corrected chi connectivity index (χ0v) is 28.8. The number of benzene rings is 2. The van der Waals surface area contributed by atoms with Gasteiger partial charge in [0.1, 0.15) is 17.1 Å². The highest BCUT2D eigenvalue weighted by molar-refractivity contribution is 7.99. The number of aryl methyl sites for hydroxylation is 2. The molecule has 0 aliphatic carbocycles. The van der Waals surface area contributed by atoms with Gasteiger partial charge in [0.05, 0.1) is 35.4 Å². The van der Waals surface area contributed by atoms with Crippen molar-refractivity contribution in [3.63, 3.8) is 0 Å². The number of anilines is 6. The van der Waals surface area contributed by atoms with Gasteiger partial charge in [-0.15, -0.1) is 0 Å². The molecule has 0 bridgehead atoms. The SMILES string of the molecule is CCc1cc(Nc2nc(CC)c(/C=C\N)c(Nc3ccc4nccnc4c3N(C)SC)n2)c(OC)cc1N1CCC(N(C)C)CC1. The maximum absolute atomic E-state index is 5.93. The van der Waals surface area contributed by atoms with E-state index in [1.54, 1.807) is 31.5 Å². The number of piperidine rings is 1. The highest BCUT2D eigenvalue weighted by Gasteiger charge is 2.24. The standard InChI is InChI=1S/C34H46N10OS/c1-8-22-20-28(30(45-6)21-29(22)44-18-13-23(14-19-44)42(3)4)40-34-39-25(9-2)24(12-15-35)33(41-34)38-27-11-10-26-31(37-17-16-36-26)32(27)43(5)46-7/h10-12,15-17,20-21,23H,8-9,13-14,18-19,35H2,1-7H3,(H2,38,39,40,41)/b15-12-. The quantitative estimate of drug-likeness (QED) is 0.152. The van der Waals surface area contributed by atoms with Gasteiger partial charge in [0.2, 0.25) is 5.95 Å². The molecule has 0 amide bonds. The van der Waals surface area contributed by atoms with Gasteiger partial charge < -0.3 is 35.2 Å². The predicted octanol–water partition coefficient (Wildman–Crippen LogP) is 6.21. The lowest BCUT2D eigenvalue weighted by Gasteiger charge is -2.37. The van der Waals surface area contributed by atoms with Crippen LogP contribution in [0.1, 0.15) is 43.5 Å². The molecule has 0 spiro atoms. The van der Waals surface area contributed by atoms with E-state index in [0.29, 0.717) is 24.2 Å². The predicted molar refractivity (Wildman–Crippen MR) is 194 cm³/mol. The molecule has 0 atom stereocenters. The van der Waals surface area contributed by atoms with Crippen LogP contribution in [0.2, 0.25) is 0 Å². The summed E-state index contributed by atoms with van der Waals surface area (Å²) in [5.41, 5.74) is 14.3. The van der Waals surface area contributed by atoms with Crippen molar-refractivity contribution in [1.29, 1.82) is 0 Å². The second-order valence-corrected chi connectivity index (χ2v) is 12.4. The molecular formula is C34H46N10OS. The Bertz CT molecular complexity index is 1690. The van der Waals surface area contributed by atoms with Crippen molar-refractivity contribution in [2.75, 3.05) is 67.4 Å². The summed E-state index contributed by atoms with van der Waals surface area (Å²) in [4.78, 5) is 23.9. The Hall–Kier alpha value is -4.29. The second kappa shape index (κ2) is 14.9. The molecule has 1 fully saturated rings.